The van der Waals surface area contributed by atoms with Gasteiger partial charge in [-0.05, 0) is 18.9 Å². The fourth-order valence-corrected chi connectivity index (χ4v) is 3.24. The number of halogens is 1. The number of amides is 1. The summed E-state index contributed by atoms with van der Waals surface area (Å²) in [6, 6.07) is 9.84. The summed E-state index contributed by atoms with van der Waals surface area (Å²) in [5.74, 6) is -0.111. The zero-order chi connectivity index (χ0) is 15.2. The predicted molar refractivity (Wildman–Crippen MR) is 88.4 cm³/mol. The molecule has 1 aromatic heterocycles. The molecule has 1 N–H and O–H groups in total. The number of aryl methyl sites for hydroxylation is 2. The molecule has 0 saturated heterocycles. The van der Waals surface area contributed by atoms with Crippen LogP contribution in [0.4, 0.5) is 5.13 Å². The number of anilines is 1. The standard InChI is InChI=1S/C15H15BrN2O2S/c1-10-14(12(19)9-16)21-15(17-10)18-13(20)8-7-11-5-3-2-4-6-11/h2-6H,7-9H2,1H3,(H,17,18,20). The number of rotatable bonds is 6. The van der Waals surface area contributed by atoms with Gasteiger partial charge < -0.3 is 5.32 Å². The van der Waals surface area contributed by atoms with Crippen molar-refractivity contribution < 1.29 is 9.59 Å². The van der Waals surface area contributed by atoms with Crippen molar-refractivity contribution in [3.8, 4) is 0 Å². The van der Waals surface area contributed by atoms with E-state index >= 15 is 0 Å². The van der Waals surface area contributed by atoms with E-state index in [1.54, 1.807) is 6.92 Å². The number of carbonyl (C=O) groups is 2. The molecule has 0 bridgehead atoms. The molecule has 1 amide bonds. The highest BCUT2D eigenvalue weighted by molar-refractivity contribution is 9.09. The highest BCUT2D eigenvalue weighted by atomic mass is 79.9. The van der Waals surface area contributed by atoms with E-state index in [9.17, 15) is 9.59 Å². The summed E-state index contributed by atoms with van der Waals surface area (Å²) in [6.07, 6.45) is 1.08. The van der Waals surface area contributed by atoms with Crippen LogP contribution in [0.1, 0.15) is 27.3 Å². The van der Waals surface area contributed by atoms with E-state index < -0.39 is 0 Å². The SMILES string of the molecule is Cc1nc(NC(=O)CCc2ccccc2)sc1C(=O)CBr. The van der Waals surface area contributed by atoms with E-state index in [0.717, 1.165) is 5.56 Å². The molecule has 0 aliphatic carbocycles. The quantitative estimate of drug-likeness (QED) is 0.627. The molecule has 0 spiro atoms. The van der Waals surface area contributed by atoms with Gasteiger partial charge in [0.25, 0.3) is 0 Å². The summed E-state index contributed by atoms with van der Waals surface area (Å²) in [5.41, 5.74) is 1.78. The number of hydrogen-bond donors (Lipinski definition) is 1. The van der Waals surface area contributed by atoms with Crippen LogP contribution in [-0.4, -0.2) is 22.0 Å². The largest absolute Gasteiger partial charge is 0.302 e. The maximum Gasteiger partial charge on any atom is 0.226 e. The Morgan fingerprint density at radius 2 is 2.00 bits per heavy atom. The molecule has 0 atom stereocenters. The van der Waals surface area contributed by atoms with Gasteiger partial charge in [0.15, 0.2) is 10.9 Å². The molecule has 0 aliphatic heterocycles. The molecule has 110 valence electrons. The fraction of sp³-hybridized carbons (Fsp3) is 0.267. The Kier molecular flexibility index (Phi) is 5.64. The fourth-order valence-electron chi connectivity index (χ4n) is 1.85. The number of hydrogen-bond acceptors (Lipinski definition) is 4. The molecule has 1 heterocycles. The highest BCUT2D eigenvalue weighted by Crippen LogP contribution is 2.23. The number of nitrogens with zero attached hydrogens (tertiary/aromatic N) is 1. The van der Waals surface area contributed by atoms with Gasteiger partial charge >= 0.3 is 0 Å². The molecular formula is C15H15BrN2O2S. The van der Waals surface area contributed by atoms with Crippen LogP contribution in [-0.2, 0) is 11.2 Å². The van der Waals surface area contributed by atoms with Crippen molar-refractivity contribution in [2.75, 3.05) is 10.6 Å². The molecule has 0 saturated carbocycles. The number of nitrogens with one attached hydrogen (secondary N) is 1. The number of Topliss-reactive ketones (excluding diaryl/α,β-unsaturated/α-hetero) is 1. The third-order valence-corrected chi connectivity index (χ3v) is 4.52. The minimum absolute atomic E-state index is 0.0187. The second kappa shape index (κ2) is 7.47. The summed E-state index contributed by atoms with van der Waals surface area (Å²) in [4.78, 5) is 28.4. The summed E-state index contributed by atoms with van der Waals surface area (Å²) >= 11 is 4.36. The van der Waals surface area contributed by atoms with Gasteiger partial charge in [-0.15, -0.1) is 0 Å². The molecule has 2 rings (SSSR count). The van der Waals surface area contributed by atoms with Crippen molar-refractivity contribution >= 4 is 44.1 Å². The first-order valence-corrected chi connectivity index (χ1v) is 8.44. The van der Waals surface area contributed by atoms with Crippen molar-refractivity contribution in [1.29, 1.82) is 0 Å². The van der Waals surface area contributed by atoms with Crippen LogP contribution in [0, 0.1) is 6.92 Å². The number of alkyl halides is 1. The summed E-state index contributed by atoms with van der Waals surface area (Å²) < 4.78 is 0. The van der Waals surface area contributed by atoms with Crippen molar-refractivity contribution in [2.24, 2.45) is 0 Å². The van der Waals surface area contributed by atoms with Crippen LogP contribution in [0.5, 0.6) is 0 Å². The van der Waals surface area contributed by atoms with Gasteiger partial charge in [-0.25, -0.2) is 4.98 Å². The van der Waals surface area contributed by atoms with E-state index in [1.807, 2.05) is 30.3 Å². The Bertz CT molecular complexity index is 640. The zero-order valence-corrected chi connectivity index (χ0v) is 14.0. The second-order valence-corrected chi connectivity index (χ2v) is 6.08. The third-order valence-electron chi connectivity index (χ3n) is 2.90. The Labute approximate surface area is 135 Å². The minimum atomic E-state index is -0.0922. The van der Waals surface area contributed by atoms with Crippen molar-refractivity contribution in [3.63, 3.8) is 0 Å². The first kappa shape index (κ1) is 15.9. The lowest BCUT2D eigenvalue weighted by atomic mass is 10.1. The predicted octanol–water partition coefficient (Wildman–Crippen LogP) is 3.60. The number of aromatic nitrogens is 1. The summed E-state index contributed by atoms with van der Waals surface area (Å²) in [6.45, 7) is 1.77. The van der Waals surface area contributed by atoms with E-state index in [-0.39, 0.29) is 17.0 Å². The molecule has 6 heteroatoms. The van der Waals surface area contributed by atoms with Gasteiger partial charge in [0.2, 0.25) is 5.91 Å². The summed E-state index contributed by atoms with van der Waals surface area (Å²) in [7, 11) is 0. The number of benzene rings is 1. The molecule has 0 fully saturated rings. The van der Waals surface area contributed by atoms with Crippen molar-refractivity contribution in [2.45, 2.75) is 19.8 Å². The summed E-state index contributed by atoms with van der Waals surface area (Å²) in [5, 5.41) is 3.50. The zero-order valence-electron chi connectivity index (χ0n) is 11.6. The van der Waals surface area contributed by atoms with Gasteiger partial charge in [-0.2, -0.15) is 0 Å². The van der Waals surface area contributed by atoms with Crippen LogP contribution in [0.15, 0.2) is 30.3 Å². The molecule has 0 aliphatic rings. The smallest absolute Gasteiger partial charge is 0.226 e. The maximum absolute atomic E-state index is 11.9. The number of carbonyl (C=O) groups excluding carboxylic acids is 2. The van der Waals surface area contributed by atoms with Gasteiger partial charge in [-0.3, -0.25) is 9.59 Å². The Morgan fingerprint density at radius 1 is 1.29 bits per heavy atom. The highest BCUT2D eigenvalue weighted by Gasteiger charge is 2.15. The molecule has 0 radical (unpaired) electrons. The van der Waals surface area contributed by atoms with E-state index in [1.165, 1.54) is 11.3 Å². The average molecular weight is 367 g/mol. The normalized spacial score (nSPS) is 10.4. The maximum atomic E-state index is 11.9. The molecule has 2 aromatic rings. The van der Waals surface area contributed by atoms with Crippen LogP contribution in [0.25, 0.3) is 0 Å². The van der Waals surface area contributed by atoms with E-state index in [4.69, 9.17) is 0 Å². The molecule has 0 unspecified atom stereocenters. The van der Waals surface area contributed by atoms with Crippen molar-refractivity contribution in [3.05, 3.63) is 46.5 Å². The van der Waals surface area contributed by atoms with Gasteiger partial charge in [-0.1, -0.05) is 57.6 Å². The number of ketones is 1. The molecule has 21 heavy (non-hydrogen) atoms. The molecule has 1 aromatic carbocycles. The minimum Gasteiger partial charge on any atom is -0.302 e. The lowest BCUT2D eigenvalue weighted by Crippen LogP contribution is -2.12. The van der Waals surface area contributed by atoms with Gasteiger partial charge in [0.05, 0.1) is 15.9 Å². The molecule has 4 nitrogen and oxygen atoms in total. The topological polar surface area (TPSA) is 59.1 Å². The molecular weight excluding hydrogens is 352 g/mol. The Hall–Kier alpha value is -1.53. The Balaban J connectivity index is 1.92. The number of thiazole rings is 1. The van der Waals surface area contributed by atoms with E-state index in [2.05, 4.69) is 26.2 Å². The van der Waals surface area contributed by atoms with Gasteiger partial charge in [0.1, 0.15) is 0 Å². The lowest BCUT2D eigenvalue weighted by molar-refractivity contribution is -0.116. The monoisotopic (exact) mass is 366 g/mol. The van der Waals surface area contributed by atoms with E-state index in [0.29, 0.717) is 28.5 Å². The van der Waals surface area contributed by atoms with Crippen LogP contribution < -0.4 is 5.32 Å². The first-order chi connectivity index (χ1) is 10.1. The Morgan fingerprint density at radius 3 is 2.67 bits per heavy atom. The van der Waals surface area contributed by atoms with Crippen molar-refractivity contribution in [1.82, 2.24) is 4.98 Å². The van der Waals surface area contributed by atoms with Crippen LogP contribution in [0.3, 0.4) is 0 Å². The third kappa shape index (κ3) is 4.47. The average Bonchev–Trinajstić information content (AvgIpc) is 2.86. The second-order valence-electron chi connectivity index (χ2n) is 4.52. The van der Waals surface area contributed by atoms with Crippen LogP contribution in [0.2, 0.25) is 0 Å². The van der Waals surface area contributed by atoms with Crippen LogP contribution >= 0.6 is 27.3 Å². The lowest BCUT2D eigenvalue weighted by Gasteiger charge is -2.01. The first-order valence-electron chi connectivity index (χ1n) is 6.50. The van der Waals surface area contributed by atoms with Gasteiger partial charge in [0, 0.05) is 6.42 Å².